The molecule has 0 saturated carbocycles. The smallest absolute Gasteiger partial charge is 1.00 e. The number of nitrogens with one attached hydrogen (secondary N) is 1. The van der Waals surface area contributed by atoms with Crippen molar-refractivity contribution < 1.29 is 615 Å². The van der Waals surface area contributed by atoms with E-state index in [0.717, 1.165) is 0 Å². The Morgan fingerprint density at radius 2 is 0.224 bits per heavy atom. The largest absolute Gasteiger partial charge is 1.00 e. The molecule has 0 aromatic rings. The summed E-state index contributed by atoms with van der Waals surface area (Å²) in [4.78, 5) is 15.8. The van der Waals surface area contributed by atoms with E-state index in [-0.39, 0.29) is 90.1 Å². The van der Waals surface area contributed by atoms with Crippen molar-refractivity contribution in [3.05, 3.63) is 20.4 Å². The molecule has 0 aromatic carbocycles. The van der Waals surface area contributed by atoms with Crippen LogP contribution < -0.4 is 65.3 Å². The zero-order valence-corrected chi connectivity index (χ0v) is 55.3. The van der Waals surface area contributed by atoms with Gasteiger partial charge in [-0.05, 0) is 363 Å². The second-order valence-corrected chi connectivity index (χ2v) is 5.21. The molecule has 0 aliphatic rings. The molecule has 0 fully saturated rings. The third-order valence-electron chi connectivity index (χ3n) is 1.63. The average Bonchev–Trinajstić information content (AvgIpc) is 1.33. The van der Waals surface area contributed by atoms with Gasteiger partial charge in [0.25, 0.3) is 0 Å². The molecule has 0 heterocycles. The van der Waals surface area contributed by atoms with Gasteiger partial charge in [0.2, 0.25) is 0 Å². The van der Waals surface area contributed by atoms with Gasteiger partial charge < -0.3 is 14.5 Å². The first-order valence-corrected chi connectivity index (χ1v) is 16.0. The summed E-state index contributed by atoms with van der Waals surface area (Å²) in [6, 6.07) is 0. The summed E-state index contributed by atoms with van der Waals surface area (Å²) >= 11 is 0. The summed E-state index contributed by atoms with van der Waals surface area (Å²) in [5, 5.41) is 456. The summed E-state index contributed by atoms with van der Waals surface area (Å²) in [5.41, 5.74) is 12.2. The summed E-state index contributed by atoms with van der Waals surface area (Å²) in [6.07, 6.45) is 0. The van der Waals surface area contributed by atoms with Crippen LogP contribution in [0.4, 0.5) is 0 Å². The van der Waals surface area contributed by atoms with E-state index in [1.807, 2.05) is 0 Å². The zero-order valence-electron chi connectivity index (χ0n) is 52.3. The number of hydrogen-bond donors (Lipinski definition) is 34. The fraction of sp³-hybridized carbons (Fsp3) is 0. The maximum absolute atomic E-state index is 7.35. The van der Waals surface area contributed by atoms with E-state index in [4.69, 9.17) is 200 Å². The molecule has 116 heteroatoms. The molecule has 0 aliphatic carbocycles. The van der Waals surface area contributed by atoms with Crippen LogP contribution in [0.3, 0.4) is 0 Å². The molecule has 0 amide bonds. The van der Waals surface area contributed by atoms with Crippen molar-refractivity contribution in [3.8, 4) is 0 Å². The van der Waals surface area contributed by atoms with Crippen LogP contribution >= 0.6 is 0 Å². The van der Waals surface area contributed by atoms with Crippen molar-refractivity contribution in [2.24, 2.45) is 0 Å². The van der Waals surface area contributed by atoms with Crippen LogP contribution in [-0.4, -0.2) is 174 Å². The molecule has 0 atom stereocenters. The maximum atomic E-state index is 7.35. The predicted octanol–water partition coefficient (Wildman–Crippen LogP) is -10.1. The zero-order chi connectivity index (χ0) is 89.6. The molecule has 0 aliphatic heterocycles. The standard InChI is InChI=1S/HN3.N2.H3N.2Na.Ni.2H2O10.2H2O9.2H2O8.2H2O7.2H2O6.2H2O5.2H2O4.2H2O3.O2.H2O.2H/c1-3-2;1-2;;;;;2*1-3-5-7-9-10-8-6-4-2;2*1-3-5-7-9-8-6-4-2;2*1-3-5-7-8-6-4-2;2*1-3-5-7-6-4-2;2*1-3-5-6-4-2;2*1-3-5-4-2;2*1-3-4-2;2*1-3-2;1-2;;;/h1H;;1H3;;;;2*1-2H;2*1-2H;2*1-2H;2*1-2H;2*1-2H;2*1-2H;2*1-2H;2*1-2H;;1H2;;/q;;;2*+1;;;;;;;;;;;;;;;;;;;;2*-1. The van der Waals surface area contributed by atoms with E-state index >= 15 is 0 Å². The van der Waals surface area contributed by atoms with Gasteiger partial charge in [0, 0.05) is 37.2 Å². The fourth-order valence-corrected chi connectivity index (χ4v) is 0.502. The van der Waals surface area contributed by atoms with E-state index in [0.29, 0.717) is 0 Å². The molecule has 0 rings (SSSR count). The second kappa shape index (κ2) is 282. The van der Waals surface area contributed by atoms with Gasteiger partial charge in [0.1, 0.15) is 0 Å². The predicted molar refractivity (Wildman–Crippen MR) is 193 cm³/mol. The van der Waals surface area contributed by atoms with E-state index in [1.165, 1.54) is 0 Å². The van der Waals surface area contributed by atoms with Crippen molar-refractivity contribution in [2.45, 2.75) is 0 Å². The molecule has 116 heavy (non-hydrogen) atoms. The Hall–Kier alpha value is -3.42. The van der Waals surface area contributed by atoms with Crippen LogP contribution in [0.5, 0.6) is 0 Å². The van der Waals surface area contributed by atoms with Crippen molar-refractivity contribution in [3.63, 3.8) is 0 Å². The molecule has 0 aromatic heterocycles. The molecule has 0 radical (unpaired) electrons. The van der Waals surface area contributed by atoms with Gasteiger partial charge in [-0.3, -0.25) is 0 Å². The summed E-state index contributed by atoms with van der Waals surface area (Å²) in [5.74, 6) is 0. The summed E-state index contributed by atoms with van der Waals surface area (Å²) in [7, 11) is 0. The van der Waals surface area contributed by atoms with Crippen LogP contribution in [0.1, 0.15) is 2.85 Å². The first-order valence-electron chi connectivity index (χ1n) is 16.0. The number of hydrogen-bond acceptors (Lipinski definition) is 110. The van der Waals surface area contributed by atoms with Crippen LogP contribution in [0.15, 0.2) is 0 Å². The fourth-order valence-electron chi connectivity index (χ4n) is 0.502. The van der Waals surface area contributed by atoms with Gasteiger partial charge in [0.05, 0.1) is 0 Å². The minimum Gasteiger partial charge on any atom is -1.00 e. The molecular formula is H40N6Na2NiO107. The summed E-state index contributed by atoms with van der Waals surface area (Å²) < 4.78 is 0. The Morgan fingerprint density at radius 1 is 0.181 bits per heavy atom. The normalized spacial score (nSPS) is 8.40. The topological polar surface area (TPSA) is 1520 Å². The van der Waals surface area contributed by atoms with E-state index in [9.17, 15) is 0 Å². The molecule has 38 N–H and O–H groups in total. The van der Waals surface area contributed by atoms with Gasteiger partial charge in [-0.15, -0.1) is 5.53 Å². The van der Waals surface area contributed by atoms with E-state index in [1.54, 1.807) is 4.91 Å². The molecule has 0 unspecified atom stereocenters. The third-order valence-corrected chi connectivity index (χ3v) is 1.63. The van der Waals surface area contributed by atoms with Crippen molar-refractivity contribution in [2.75, 3.05) is 0 Å². The molecular weight excluding hydrogens is 1900 g/mol. The number of rotatable bonds is 56. The van der Waals surface area contributed by atoms with E-state index < -0.39 is 0 Å². The Balaban J connectivity index is -0.0000000319. The van der Waals surface area contributed by atoms with Crippen LogP contribution in [0.25, 0.3) is 10.4 Å². The molecule has 724 valence electrons. The minimum atomic E-state index is 0. The quantitative estimate of drug-likeness (QED) is 0.00393. The van der Waals surface area contributed by atoms with Gasteiger partial charge in [-0.2, -0.15) is 0 Å². The monoisotopic (exact) mass is 1940 g/mol. The maximum Gasteiger partial charge on any atom is 1.00 e. The Bertz CT molecular complexity index is 963. The van der Waals surface area contributed by atoms with Gasteiger partial charge in [-0.1, -0.05) is 10.1 Å². The van der Waals surface area contributed by atoms with Crippen LogP contribution in [-0.2, 0) is 379 Å². The van der Waals surface area contributed by atoms with Gasteiger partial charge in [-0.25, -0.2) is 168 Å². The molecule has 113 nitrogen and oxygen atoms in total. The molecule has 0 spiro atoms. The van der Waals surface area contributed by atoms with Crippen LogP contribution in [0, 0.1) is 26.2 Å². The van der Waals surface area contributed by atoms with Crippen LogP contribution in [0.2, 0.25) is 0 Å². The number of nitrogens with zero attached hydrogens (tertiary/aromatic N) is 4. The van der Waals surface area contributed by atoms with Crippen molar-refractivity contribution in [1.29, 1.82) is 16.3 Å². The Morgan fingerprint density at radius 3 is 0.267 bits per heavy atom. The average molecular weight is 1940 g/mol. The van der Waals surface area contributed by atoms with E-state index in [2.05, 4.69) is 363 Å². The first kappa shape index (κ1) is 179. The minimum absolute atomic E-state index is 0. The van der Waals surface area contributed by atoms with Crippen molar-refractivity contribution in [1.82, 2.24) is 6.15 Å². The second-order valence-electron chi connectivity index (χ2n) is 5.21. The van der Waals surface area contributed by atoms with Crippen molar-refractivity contribution >= 4 is 0 Å². The third kappa shape index (κ3) is 480. The molecule has 0 saturated heterocycles. The first-order chi connectivity index (χ1) is 54.0. The summed E-state index contributed by atoms with van der Waals surface area (Å²) in [6.45, 7) is 0. The van der Waals surface area contributed by atoms with Gasteiger partial charge in [0.15, 0.2) is 0 Å². The SMILES string of the molecule is N.N#N.O.O=O.OOO.OOO.OOOO.OOOO.OOOOO.OOOOO.OOOOOO.OOOOOO.OOOOOOO.OOOOOOO.OOOOOOOO.OOOOOOOO.OOOOOOOOO.OOOOOOOOO.OOOOOOOOOO.OOOOOOOOOO.[H-].[H-].[N-]=[N+]=N.[Na+].[Na+].[Ni]. The Labute approximate surface area is 657 Å². The Kier molecular flexibility index (Phi) is 434. The molecule has 0 bridgehead atoms. The van der Waals surface area contributed by atoms with Gasteiger partial charge >= 0.3 is 59.1 Å².